The number of benzene rings is 2. The van der Waals surface area contributed by atoms with E-state index < -0.39 is 15.8 Å². The number of anilines is 1. The van der Waals surface area contributed by atoms with Gasteiger partial charge in [-0.15, -0.1) is 0 Å². The molecule has 0 spiro atoms. The fourth-order valence-corrected chi connectivity index (χ4v) is 4.03. The number of hydrogen-bond donors (Lipinski definition) is 2. The first-order valence-corrected chi connectivity index (χ1v) is 10.3. The average molecular weight is 433 g/mol. The van der Waals surface area contributed by atoms with Crippen LogP contribution in [0.15, 0.2) is 70.8 Å². The van der Waals surface area contributed by atoms with Crippen molar-refractivity contribution in [2.45, 2.75) is 11.4 Å². The zero-order valence-corrected chi connectivity index (χ0v) is 16.3. The highest BCUT2D eigenvalue weighted by molar-refractivity contribution is 7.90. The molecule has 0 fully saturated rings. The second-order valence-electron chi connectivity index (χ2n) is 6.07. The van der Waals surface area contributed by atoms with Crippen LogP contribution in [0.3, 0.4) is 0 Å². The maximum atomic E-state index is 13.3. The van der Waals surface area contributed by atoms with Crippen LogP contribution in [0, 0.1) is 5.82 Å². The topological polar surface area (TPSA) is 92.7 Å². The van der Waals surface area contributed by atoms with Crippen LogP contribution in [0.4, 0.5) is 10.1 Å². The van der Waals surface area contributed by atoms with Gasteiger partial charge in [-0.2, -0.15) is 0 Å². The molecule has 0 radical (unpaired) electrons. The average Bonchev–Trinajstić information content (AvgIpc) is 2.68. The highest BCUT2D eigenvalue weighted by atomic mass is 35.5. The van der Waals surface area contributed by atoms with Gasteiger partial charge in [-0.1, -0.05) is 29.8 Å². The van der Waals surface area contributed by atoms with Crippen LogP contribution in [0.5, 0.6) is 11.5 Å². The lowest BCUT2D eigenvalue weighted by Crippen LogP contribution is -2.40. The van der Waals surface area contributed by atoms with E-state index in [0.717, 1.165) is 6.20 Å². The lowest BCUT2D eigenvalue weighted by molar-refractivity contribution is 0.483. The zero-order chi connectivity index (χ0) is 20.4. The maximum absolute atomic E-state index is 13.3. The third-order valence-corrected chi connectivity index (χ3v) is 5.68. The number of guanidine groups is 1. The Morgan fingerprint density at radius 2 is 1.90 bits per heavy atom. The van der Waals surface area contributed by atoms with Crippen LogP contribution in [-0.2, 0) is 16.6 Å². The van der Waals surface area contributed by atoms with Gasteiger partial charge in [-0.25, -0.2) is 22.5 Å². The van der Waals surface area contributed by atoms with Crippen molar-refractivity contribution < 1.29 is 17.5 Å². The lowest BCUT2D eigenvalue weighted by Gasteiger charge is -2.23. The Labute approximate surface area is 171 Å². The van der Waals surface area contributed by atoms with Gasteiger partial charge in [0, 0.05) is 6.20 Å². The normalized spacial score (nSPS) is 15.9. The van der Waals surface area contributed by atoms with Gasteiger partial charge < -0.3 is 10.1 Å². The number of fused-ring (bicyclic) bond motifs is 1. The highest BCUT2D eigenvalue weighted by Crippen LogP contribution is 2.38. The first-order chi connectivity index (χ1) is 13.9. The van der Waals surface area contributed by atoms with Crippen LogP contribution in [0.2, 0.25) is 5.02 Å². The van der Waals surface area contributed by atoms with Gasteiger partial charge in [0.1, 0.15) is 22.1 Å². The summed E-state index contributed by atoms with van der Waals surface area (Å²) < 4.78 is 46.7. The molecule has 1 aliphatic rings. The molecular formula is C19H14ClFN4O3S. The second-order valence-corrected chi connectivity index (χ2v) is 8.13. The smallest absolute Gasteiger partial charge is 0.266 e. The van der Waals surface area contributed by atoms with Crippen LogP contribution in [0.1, 0.15) is 5.56 Å². The third kappa shape index (κ3) is 4.15. The molecule has 3 aromatic rings. The molecule has 148 valence electrons. The number of nitrogens with one attached hydrogen (secondary N) is 2. The van der Waals surface area contributed by atoms with E-state index in [4.69, 9.17) is 16.3 Å². The Bertz CT molecular complexity index is 1220. The van der Waals surface area contributed by atoms with Gasteiger partial charge in [0.05, 0.1) is 17.8 Å². The predicted octanol–water partition coefficient (Wildman–Crippen LogP) is 3.93. The number of sulfonamides is 1. The summed E-state index contributed by atoms with van der Waals surface area (Å²) in [5, 5.41) is 3.31. The minimum absolute atomic E-state index is 0.00780. The van der Waals surface area contributed by atoms with Gasteiger partial charge >= 0.3 is 0 Å². The fourth-order valence-electron chi connectivity index (χ4n) is 2.70. The molecule has 2 aromatic carbocycles. The number of aromatic nitrogens is 1. The van der Waals surface area contributed by atoms with E-state index >= 15 is 0 Å². The molecule has 2 N–H and O–H groups in total. The molecule has 0 aliphatic carbocycles. The van der Waals surface area contributed by atoms with Crippen LogP contribution in [-0.4, -0.2) is 19.4 Å². The number of aliphatic imine (C=N–C) groups is 1. The van der Waals surface area contributed by atoms with Gasteiger partial charge in [-0.3, -0.25) is 4.98 Å². The van der Waals surface area contributed by atoms with Crippen molar-refractivity contribution in [1.82, 2.24) is 9.71 Å². The number of halogens is 2. The molecule has 0 saturated heterocycles. The largest absolute Gasteiger partial charge is 0.454 e. The summed E-state index contributed by atoms with van der Waals surface area (Å²) in [6.45, 7) is 0.0263. The number of ether oxygens (including phenoxy) is 1. The Kier molecular flexibility index (Phi) is 5.08. The fraction of sp³-hybridized carbons (Fsp3) is 0.0526. The monoisotopic (exact) mass is 432 g/mol. The molecular weight excluding hydrogens is 419 g/mol. The molecule has 1 aliphatic heterocycles. The van der Waals surface area contributed by atoms with Crippen molar-refractivity contribution >= 4 is 33.3 Å². The molecule has 0 atom stereocenters. The molecule has 29 heavy (non-hydrogen) atoms. The quantitative estimate of drug-likeness (QED) is 0.651. The summed E-state index contributed by atoms with van der Waals surface area (Å²) in [5.74, 6) is 0.128. The number of hydrogen-bond acceptors (Lipinski definition) is 5. The minimum Gasteiger partial charge on any atom is -0.454 e. The van der Waals surface area contributed by atoms with Gasteiger partial charge in [-0.05, 0) is 35.9 Å². The number of rotatable bonds is 4. The van der Waals surface area contributed by atoms with Crippen LogP contribution in [0.25, 0.3) is 0 Å². The number of nitrogens with zero attached hydrogens (tertiary/aromatic N) is 2. The molecule has 0 bridgehead atoms. The Balaban J connectivity index is 1.68. The first-order valence-electron chi connectivity index (χ1n) is 8.41. The van der Waals surface area contributed by atoms with Crippen LogP contribution < -0.4 is 14.8 Å². The Morgan fingerprint density at radius 1 is 1.10 bits per heavy atom. The lowest BCUT2D eigenvalue weighted by atomic mass is 10.2. The van der Waals surface area contributed by atoms with Crippen molar-refractivity contribution in [3.63, 3.8) is 0 Å². The van der Waals surface area contributed by atoms with Crippen molar-refractivity contribution in [2.75, 3.05) is 5.32 Å². The summed E-state index contributed by atoms with van der Waals surface area (Å²) in [5.41, 5.74) is 0.715. The highest BCUT2D eigenvalue weighted by Gasteiger charge is 2.29. The number of pyridine rings is 1. The van der Waals surface area contributed by atoms with E-state index in [1.54, 1.807) is 36.4 Å². The van der Waals surface area contributed by atoms with E-state index in [1.165, 1.54) is 18.3 Å². The summed E-state index contributed by atoms with van der Waals surface area (Å²) in [7, 11) is -3.87. The molecule has 0 unspecified atom stereocenters. The van der Waals surface area contributed by atoms with Crippen molar-refractivity contribution in [1.29, 1.82) is 0 Å². The van der Waals surface area contributed by atoms with Gasteiger partial charge in [0.2, 0.25) is 5.96 Å². The summed E-state index contributed by atoms with van der Waals surface area (Å²) in [6, 6.07) is 12.7. The van der Waals surface area contributed by atoms with E-state index in [9.17, 15) is 12.8 Å². The predicted molar refractivity (Wildman–Crippen MR) is 107 cm³/mol. The van der Waals surface area contributed by atoms with Gasteiger partial charge in [0.25, 0.3) is 10.0 Å². The molecule has 7 nitrogen and oxygen atoms in total. The molecule has 1 aromatic heterocycles. The Hall–Kier alpha value is -3.17. The molecule has 2 heterocycles. The maximum Gasteiger partial charge on any atom is 0.266 e. The van der Waals surface area contributed by atoms with E-state index in [2.05, 4.69) is 20.0 Å². The SMILES string of the molecule is O=S1(=O)NC(=NCc2cncc(F)c2)Nc2c(Oc3ccccc3Cl)cccc21. The van der Waals surface area contributed by atoms with E-state index in [0.29, 0.717) is 16.3 Å². The van der Waals surface area contributed by atoms with Crippen LogP contribution >= 0.6 is 11.6 Å². The van der Waals surface area contributed by atoms with Gasteiger partial charge in [0.15, 0.2) is 5.75 Å². The summed E-state index contributed by atoms with van der Waals surface area (Å²) >= 11 is 6.14. The molecule has 0 saturated carbocycles. The van der Waals surface area contributed by atoms with Crippen molar-refractivity contribution in [3.8, 4) is 11.5 Å². The van der Waals surface area contributed by atoms with Crippen molar-refractivity contribution in [2.24, 2.45) is 4.99 Å². The molecule has 10 heteroatoms. The Morgan fingerprint density at radius 3 is 2.69 bits per heavy atom. The summed E-state index contributed by atoms with van der Waals surface area (Å²) in [6.07, 6.45) is 2.52. The number of para-hydroxylation sites is 2. The van der Waals surface area contributed by atoms with E-state index in [-0.39, 0.29) is 28.8 Å². The van der Waals surface area contributed by atoms with Crippen molar-refractivity contribution in [3.05, 3.63) is 77.3 Å². The standard InChI is InChI=1S/C19H14ClFN4O3S/c20-14-4-1-2-5-15(14)28-16-6-3-7-17-18(16)24-19(25-29(17,26)27)23-10-12-8-13(21)11-22-9-12/h1-9,11H,10H2,(H2,23,24,25). The second kappa shape index (κ2) is 7.69. The summed E-state index contributed by atoms with van der Waals surface area (Å²) in [4.78, 5) is 7.94. The third-order valence-electron chi connectivity index (χ3n) is 3.99. The molecule has 0 amide bonds. The minimum atomic E-state index is -3.87. The zero-order valence-electron chi connectivity index (χ0n) is 14.8. The molecule has 4 rings (SSSR count). The first kappa shape index (κ1) is 19.2. The van der Waals surface area contributed by atoms with E-state index in [1.807, 2.05) is 0 Å².